The molecular weight excluding hydrogens is 394 g/mol. The number of para-hydroxylation sites is 2. The molecule has 1 unspecified atom stereocenters. The van der Waals surface area contributed by atoms with Gasteiger partial charge in [-0.2, -0.15) is 0 Å². The highest BCUT2D eigenvalue weighted by molar-refractivity contribution is 6.19. The Morgan fingerprint density at radius 2 is 1.66 bits per heavy atom. The minimum Gasteiger partial charge on any atom is -0.316 e. The summed E-state index contributed by atoms with van der Waals surface area (Å²) in [6.45, 7) is 2.03. The molecule has 0 saturated carbocycles. The van der Waals surface area contributed by atoms with Gasteiger partial charge in [0.1, 0.15) is 0 Å². The minimum atomic E-state index is -0.233. The maximum atomic E-state index is 6.17. The number of hydrogen-bond donors (Lipinski definition) is 1. The molecular formula is C27H23N5. The summed E-state index contributed by atoms with van der Waals surface area (Å²) in [5, 5.41) is 5.25. The maximum Gasteiger partial charge on any atom is 0.155 e. The van der Waals surface area contributed by atoms with Crippen molar-refractivity contribution in [3.8, 4) is 5.69 Å². The van der Waals surface area contributed by atoms with Crippen molar-refractivity contribution in [2.45, 2.75) is 13.1 Å². The van der Waals surface area contributed by atoms with E-state index in [4.69, 9.17) is 10.8 Å². The molecule has 0 saturated heterocycles. The molecule has 3 aromatic carbocycles. The molecule has 0 aliphatic carbocycles. The fourth-order valence-corrected chi connectivity index (χ4v) is 4.60. The lowest BCUT2D eigenvalue weighted by atomic mass is 10.1. The van der Waals surface area contributed by atoms with Crippen molar-refractivity contribution in [1.29, 1.82) is 0 Å². The average molecular weight is 418 g/mol. The van der Waals surface area contributed by atoms with Gasteiger partial charge in [-0.15, -0.1) is 0 Å². The summed E-state index contributed by atoms with van der Waals surface area (Å²) in [6, 6.07) is 25.5. The zero-order valence-electron chi connectivity index (χ0n) is 17.8. The van der Waals surface area contributed by atoms with E-state index in [2.05, 4.69) is 88.1 Å². The topological polar surface area (TPSA) is 51.5 Å². The van der Waals surface area contributed by atoms with Crippen LogP contribution in [0, 0.1) is 0 Å². The van der Waals surface area contributed by atoms with Gasteiger partial charge < -0.3 is 4.57 Å². The van der Waals surface area contributed by atoms with Gasteiger partial charge in [-0.1, -0.05) is 48.5 Å². The Kier molecular flexibility index (Phi) is 4.23. The second-order valence-corrected chi connectivity index (χ2v) is 8.16. The molecule has 0 amide bonds. The summed E-state index contributed by atoms with van der Waals surface area (Å²) in [4.78, 5) is 4.81. The summed E-state index contributed by atoms with van der Waals surface area (Å²) in [5.74, 6) is 6.17. The maximum absolute atomic E-state index is 6.17. The first-order chi connectivity index (χ1) is 15.7. The van der Waals surface area contributed by atoms with E-state index in [0.717, 1.165) is 27.8 Å². The number of nitrogens with zero attached hydrogens (tertiary/aromatic N) is 4. The molecule has 5 heteroatoms. The van der Waals surface area contributed by atoms with Crippen molar-refractivity contribution >= 4 is 39.0 Å². The van der Waals surface area contributed by atoms with Crippen LogP contribution in [0.5, 0.6) is 0 Å². The highest BCUT2D eigenvalue weighted by Crippen LogP contribution is 2.35. The van der Waals surface area contributed by atoms with Gasteiger partial charge in [0.2, 0.25) is 0 Å². The molecule has 5 aromatic rings. The molecule has 2 aromatic heterocycles. The normalized spacial score (nSPS) is 16.6. The lowest BCUT2D eigenvalue weighted by molar-refractivity contribution is 0.334. The second kappa shape index (κ2) is 7.25. The van der Waals surface area contributed by atoms with Crippen molar-refractivity contribution in [3.05, 3.63) is 103 Å². The Bertz CT molecular complexity index is 1550. The molecule has 3 heterocycles. The molecule has 0 spiro atoms. The number of hydrazine groups is 1. The predicted octanol–water partition coefficient (Wildman–Crippen LogP) is 5.59. The number of nitrogens with two attached hydrogens (primary N) is 1. The van der Waals surface area contributed by atoms with Gasteiger partial charge in [0.05, 0.1) is 22.9 Å². The number of fused-ring (bicyclic) bond motifs is 5. The Morgan fingerprint density at radius 3 is 2.50 bits per heavy atom. The van der Waals surface area contributed by atoms with Crippen LogP contribution in [0.1, 0.15) is 6.92 Å². The summed E-state index contributed by atoms with van der Waals surface area (Å²) < 4.78 is 4.42. The van der Waals surface area contributed by atoms with E-state index < -0.39 is 0 Å². The Labute approximate surface area is 186 Å². The molecule has 1 aliphatic heterocycles. The summed E-state index contributed by atoms with van der Waals surface area (Å²) in [6.07, 6.45) is 9.79. The molecule has 0 radical (unpaired) electrons. The van der Waals surface area contributed by atoms with Crippen molar-refractivity contribution in [3.63, 3.8) is 0 Å². The van der Waals surface area contributed by atoms with E-state index in [9.17, 15) is 0 Å². The number of aliphatic imine (C=N–C) groups is 1. The first-order valence-corrected chi connectivity index (χ1v) is 10.7. The predicted molar refractivity (Wildman–Crippen MR) is 133 cm³/mol. The Balaban J connectivity index is 1.58. The van der Waals surface area contributed by atoms with E-state index >= 15 is 0 Å². The summed E-state index contributed by atoms with van der Waals surface area (Å²) in [7, 11) is 0. The number of rotatable bonds is 3. The van der Waals surface area contributed by atoms with Gasteiger partial charge in [-0.05, 0) is 48.9 Å². The van der Waals surface area contributed by atoms with Crippen LogP contribution in [0.4, 0.5) is 0 Å². The van der Waals surface area contributed by atoms with Crippen molar-refractivity contribution < 1.29 is 0 Å². The quantitative estimate of drug-likeness (QED) is 0.236. The first kappa shape index (κ1) is 18.7. The number of aromatic nitrogens is 2. The van der Waals surface area contributed by atoms with E-state index in [1.165, 1.54) is 16.2 Å². The van der Waals surface area contributed by atoms with E-state index in [-0.39, 0.29) is 6.17 Å². The van der Waals surface area contributed by atoms with Crippen LogP contribution in [-0.2, 0) is 0 Å². The largest absolute Gasteiger partial charge is 0.316 e. The third kappa shape index (κ3) is 2.87. The van der Waals surface area contributed by atoms with Crippen LogP contribution in [-0.4, -0.2) is 26.6 Å². The lowest BCUT2D eigenvalue weighted by Crippen LogP contribution is -2.36. The van der Waals surface area contributed by atoms with Crippen molar-refractivity contribution in [2.75, 3.05) is 0 Å². The van der Waals surface area contributed by atoms with E-state index in [0.29, 0.717) is 0 Å². The molecule has 5 nitrogen and oxygen atoms in total. The van der Waals surface area contributed by atoms with Crippen LogP contribution >= 0.6 is 0 Å². The molecule has 0 fully saturated rings. The van der Waals surface area contributed by atoms with Gasteiger partial charge in [-0.3, -0.25) is 9.58 Å². The van der Waals surface area contributed by atoms with Crippen LogP contribution in [0.15, 0.2) is 108 Å². The van der Waals surface area contributed by atoms with E-state index in [1.54, 1.807) is 5.01 Å². The van der Waals surface area contributed by atoms with Crippen molar-refractivity contribution in [2.24, 2.45) is 10.8 Å². The summed E-state index contributed by atoms with van der Waals surface area (Å²) >= 11 is 0. The third-order valence-corrected chi connectivity index (χ3v) is 6.10. The molecule has 2 N–H and O–H groups in total. The zero-order chi connectivity index (χ0) is 21.7. The molecule has 156 valence electrons. The molecule has 6 rings (SSSR count). The minimum absolute atomic E-state index is 0.233. The SMILES string of the molecule is CC1=CN(N)C(N=Cn2c3ccccc3c3ccc4c(ccn4-c4ccccc4)c32)C=C1. The second-order valence-electron chi connectivity index (χ2n) is 8.16. The average Bonchev–Trinajstić information content (AvgIpc) is 3.38. The van der Waals surface area contributed by atoms with Gasteiger partial charge in [-0.25, -0.2) is 10.8 Å². The van der Waals surface area contributed by atoms with Crippen LogP contribution in [0.3, 0.4) is 0 Å². The first-order valence-electron chi connectivity index (χ1n) is 10.7. The number of hydrogen-bond acceptors (Lipinski definition) is 3. The molecule has 1 atom stereocenters. The fraction of sp³-hybridized carbons (Fsp3) is 0.0741. The van der Waals surface area contributed by atoms with Gasteiger partial charge >= 0.3 is 0 Å². The summed E-state index contributed by atoms with van der Waals surface area (Å²) in [5.41, 5.74) is 5.70. The fourth-order valence-electron chi connectivity index (χ4n) is 4.60. The Morgan fingerprint density at radius 1 is 0.844 bits per heavy atom. The number of benzene rings is 3. The van der Waals surface area contributed by atoms with Crippen LogP contribution in [0.25, 0.3) is 38.4 Å². The molecule has 32 heavy (non-hydrogen) atoms. The Hall–Kier alpha value is -4.09. The number of allylic oxidation sites excluding steroid dienone is 2. The standard InChI is InChI=1S/C27H23N5/c1-19-11-14-26(32(28)17-19)29-18-31-24-10-6-5-9-21(24)22-12-13-25-23(27(22)31)15-16-30(25)20-7-3-2-4-8-20/h2-18,26H,28H2,1H3. The van der Waals surface area contributed by atoms with Gasteiger partial charge in [0.25, 0.3) is 0 Å². The highest BCUT2D eigenvalue weighted by Gasteiger charge is 2.16. The van der Waals surface area contributed by atoms with Gasteiger partial charge in [0, 0.05) is 34.2 Å². The zero-order valence-corrected chi connectivity index (χ0v) is 17.8. The third-order valence-electron chi connectivity index (χ3n) is 6.10. The van der Waals surface area contributed by atoms with Crippen molar-refractivity contribution in [1.82, 2.24) is 14.1 Å². The van der Waals surface area contributed by atoms with Crippen LogP contribution < -0.4 is 5.84 Å². The van der Waals surface area contributed by atoms with Gasteiger partial charge in [0.15, 0.2) is 6.17 Å². The van der Waals surface area contributed by atoms with E-state index in [1.807, 2.05) is 31.6 Å². The highest BCUT2D eigenvalue weighted by atomic mass is 15.4. The molecule has 1 aliphatic rings. The lowest BCUT2D eigenvalue weighted by Gasteiger charge is -2.23. The molecule has 0 bridgehead atoms. The van der Waals surface area contributed by atoms with Crippen LogP contribution in [0.2, 0.25) is 0 Å². The smallest absolute Gasteiger partial charge is 0.155 e. The monoisotopic (exact) mass is 417 g/mol.